The van der Waals surface area contributed by atoms with Crippen LogP contribution in [0.2, 0.25) is 0 Å². The molecule has 36 heavy (non-hydrogen) atoms. The van der Waals surface area contributed by atoms with E-state index >= 15 is 0 Å². The van der Waals surface area contributed by atoms with Crippen molar-refractivity contribution in [3.63, 3.8) is 0 Å². The summed E-state index contributed by atoms with van der Waals surface area (Å²) in [6.07, 6.45) is 0.749. The molecule has 0 aliphatic heterocycles. The van der Waals surface area contributed by atoms with Gasteiger partial charge in [0.1, 0.15) is 18.3 Å². The van der Waals surface area contributed by atoms with E-state index in [9.17, 15) is 25.2 Å². The van der Waals surface area contributed by atoms with Crippen molar-refractivity contribution < 1.29 is 34.7 Å². The Morgan fingerprint density at radius 2 is 1.53 bits per heavy atom. The van der Waals surface area contributed by atoms with Gasteiger partial charge >= 0.3 is 5.97 Å². The van der Waals surface area contributed by atoms with Gasteiger partial charge in [0.05, 0.1) is 30.3 Å². The molecule has 0 bridgehead atoms. The van der Waals surface area contributed by atoms with E-state index in [4.69, 9.17) is 9.47 Å². The number of likely N-dealkylation sites (N-methyl/N-ethyl adjacent to an activating group) is 1. The van der Waals surface area contributed by atoms with Crippen molar-refractivity contribution in [1.82, 2.24) is 5.32 Å². The first-order valence-electron chi connectivity index (χ1n) is 13.8. The van der Waals surface area contributed by atoms with Gasteiger partial charge in [-0.2, -0.15) is 0 Å². The second-order valence-corrected chi connectivity index (χ2v) is 11.7. The van der Waals surface area contributed by atoms with Gasteiger partial charge in [-0.15, -0.1) is 0 Å². The van der Waals surface area contributed by atoms with Crippen LogP contribution in [0, 0.1) is 23.7 Å². The van der Waals surface area contributed by atoms with Crippen LogP contribution in [0.3, 0.4) is 0 Å². The first-order valence-corrected chi connectivity index (χ1v) is 13.8. The molecule has 0 aromatic heterocycles. The minimum absolute atomic E-state index is 0.0389. The van der Waals surface area contributed by atoms with Gasteiger partial charge in [-0.25, -0.2) is 0 Å². The largest absolute Gasteiger partial charge is 0.462 e. The molecule has 0 spiro atoms. The summed E-state index contributed by atoms with van der Waals surface area (Å²) in [5.74, 6) is -0.909. The molecular weight excluding hydrogens is 462 g/mol. The van der Waals surface area contributed by atoms with E-state index < -0.39 is 41.9 Å². The number of esters is 1. The van der Waals surface area contributed by atoms with Crippen LogP contribution in [0.15, 0.2) is 0 Å². The second kappa shape index (κ2) is 16.9. The predicted molar refractivity (Wildman–Crippen MR) is 144 cm³/mol. The Kier molecular flexibility index (Phi) is 16.6. The molecule has 8 heteroatoms. The summed E-state index contributed by atoms with van der Waals surface area (Å²) in [5.41, 5.74) is -1.62. The molecule has 0 fully saturated rings. The Morgan fingerprint density at radius 3 is 2.00 bits per heavy atom. The van der Waals surface area contributed by atoms with Crippen molar-refractivity contribution in [2.75, 3.05) is 13.7 Å². The zero-order valence-corrected chi connectivity index (χ0v) is 24.5. The molecule has 0 rings (SSSR count). The van der Waals surface area contributed by atoms with Crippen LogP contribution in [0.5, 0.6) is 0 Å². The summed E-state index contributed by atoms with van der Waals surface area (Å²) < 4.78 is 12.0. The van der Waals surface area contributed by atoms with E-state index in [2.05, 4.69) is 26.1 Å². The van der Waals surface area contributed by atoms with Gasteiger partial charge < -0.3 is 35.2 Å². The molecule has 0 radical (unpaired) electrons. The third-order valence-corrected chi connectivity index (χ3v) is 7.30. The number of aliphatic hydroxyl groups excluding tert-OH is 3. The van der Waals surface area contributed by atoms with Crippen LogP contribution in [-0.2, 0) is 14.3 Å². The standard InChI is InChI=1S/C28H57NO7/c1-11-12-24(15-18(4)22(8)30)36-25(19(5)14-23(31)13-17(2)3)20(6)27(33)35-16-28(9,34)26(32)21(7)29-10/h17-26,29-32,34H,11-16H2,1-10H3/t18?,19-,20?,21?,22?,23?,24+,25+,26?,28-/m1/s1. The van der Waals surface area contributed by atoms with E-state index in [1.165, 1.54) is 6.92 Å². The van der Waals surface area contributed by atoms with Crippen LogP contribution in [0.1, 0.15) is 94.4 Å². The Bertz CT molecular complexity index is 598. The fraction of sp³-hybridized carbons (Fsp3) is 0.964. The fourth-order valence-corrected chi connectivity index (χ4v) is 4.61. The predicted octanol–water partition coefficient (Wildman–Crippen LogP) is 3.28. The topological polar surface area (TPSA) is 128 Å². The zero-order chi connectivity index (χ0) is 28.2. The minimum Gasteiger partial charge on any atom is -0.462 e. The number of aliphatic hydroxyl groups is 4. The third kappa shape index (κ3) is 12.7. The monoisotopic (exact) mass is 519 g/mol. The van der Waals surface area contributed by atoms with Gasteiger partial charge in [-0.1, -0.05) is 41.0 Å². The summed E-state index contributed by atoms with van der Waals surface area (Å²) in [6, 6.07) is -0.389. The molecule has 5 N–H and O–H groups in total. The number of hydrogen-bond acceptors (Lipinski definition) is 8. The SMILES string of the molecule is CCC[C@@H](CC(C)C(C)O)O[C@H](C(C)C(=O)OC[C@@](C)(O)C(O)C(C)NC)[C@H](C)CC(O)CC(C)C. The Hall–Kier alpha value is -0.770. The van der Waals surface area contributed by atoms with Crippen LogP contribution in [-0.4, -0.2) is 82.2 Å². The lowest BCUT2D eigenvalue weighted by Gasteiger charge is -2.36. The maximum atomic E-state index is 13.1. The van der Waals surface area contributed by atoms with Crippen LogP contribution >= 0.6 is 0 Å². The molecule has 6 unspecified atom stereocenters. The number of ether oxygens (including phenoxy) is 2. The van der Waals surface area contributed by atoms with Gasteiger partial charge in [-0.3, -0.25) is 4.79 Å². The first kappa shape index (κ1) is 35.2. The summed E-state index contributed by atoms with van der Waals surface area (Å²) in [7, 11) is 1.68. The molecule has 0 heterocycles. The second-order valence-electron chi connectivity index (χ2n) is 11.7. The van der Waals surface area contributed by atoms with E-state index in [0.717, 1.165) is 12.8 Å². The van der Waals surface area contributed by atoms with Crippen molar-refractivity contribution in [3.8, 4) is 0 Å². The molecule has 0 amide bonds. The van der Waals surface area contributed by atoms with Gasteiger partial charge in [0.2, 0.25) is 0 Å². The Morgan fingerprint density at radius 1 is 0.944 bits per heavy atom. The number of nitrogens with one attached hydrogen (secondary N) is 1. The molecule has 8 nitrogen and oxygen atoms in total. The maximum absolute atomic E-state index is 13.1. The summed E-state index contributed by atoms with van der Waals surface area (Å²) in [6.45, 7) is 16.5. The van der Waals surface area contributed by atoms with Crippen molar-refractivity contribution in [2.24, 2.45) is 23.7 Å². The summed E-state index contributed by atoms with van der Waals surface area (Å²) in [4.78, 5) is 13.1. The van der Waals surface area contributed by atoms with Crippen LogP contribution < -0.4 is 5.32 Å². The molecule has 0 saturated heterocycles. The van der Waals surface area contributed by atoms with E-state index in [1.807, 2.05) is 13.8 Å². The van der Waals surface area contributed by atoms with E-state index in [1.54, 1.807) is 27.8 Å². The van der Waals surface area contributed by atoms with Gasteiger partial charge in [0, 0.05) is 6.04 Å². The minimum atomic E-state index is -1.62. The lowest BCUT2D eigenvalue weighted by atomic mass is 9.86. The van der Waals surface area contributed by atoms with Crippen LogP contribution in [0.4, 0.5) is 0 Å². The van der Waals surface area contributed by atoms with Crippen LogP contribution in [0.25, 0.3) is 0 Å². The molecule has 0 aromatic rings. The quantitative estimate of drug-likeness (QED) is 0.165. The number of carbonyl (C=O) groups is 1. The molecule has 0 aromatic carbocycles. The first-order chi connectivity index (χ1) is 16.6. The lowest BCUT2D eigenvalue weighted by molar-refractivity contribution is -0.173. The normalized spacial score (nSPS) is 21.5. The highest BCUT2D eigenvalue weighted by Crippen LogP contribution is 2.29. The van der Waals surface area contributed by atoms with Gasteiger partial charge in [0.25, 0.3) is 0 Å². The van der Waals surface area contributed by atoms with Crippen molar-refractivity contribution >= 4 is 5.97 Å². The highest BCUT2D eigenvalue weighted by Gasteiger charge is 2.38. The fourth-order valence-electron chi connectivity index (χ4n) is 4.61. The van der Waals surface area contributed by atoms with Gasteiger partial charge in [0.15, 0.2) is 0 Å². The Balaban J connectivity index is 5.65. The average Bonchev–Trinajstić information content (AvgIpc) is 2.78. The van der Waals surface area contributed by atoms with E-state index in [0.29, 0.717) is 25.2 Å². The molecule has 0 aliphatic rings. The highest BCUT2D eigenvalue weighted by molar-refractivity contribution is 5.72. The van der Waals surface area contributed by atoms with Crippen molar-refractivity contribution in [3.05, 3.63) is 0 Å². The highest BCUT2D eigenvalue weighted by atomic mass is 16.6. The molecular formula is C28H57NO7. The molecule has 0 saturated carbocycles. The maximum Gasteiger partial charge on any atom is 0.311 e. The number of hydrogen-bond donors (Lipinski definition) is 5. The van der Waals surface area contributed by atoms with E-state index in [-0.39, 0.29) is 30.6 Å². The third-order valence-electron chi connectivity index (χ3n) is 7.30. The Labute approximate surface area is 220 Å². The van der Waals surface area contributed by atoms with Crippen molar-refractivity contribution in [1.29, 1.82) is 0 Å². The zero-order valence-electron chi connectivity index (χ0n) is 24.5. The summed E-state index contributed by atoms with van der Waals surface area (Å²) in [5, 5.41) is 44.6. The molecule has 216 valence electrons. The van der Waals surface area contributed by atoms with Gasteiger partial charge in [-0.05, 0) is 78.2 Å². The lowest BCUT2D eigenvalue weighted by Crippen LogP contribution is -2.53. The number of carbonyl (C=O) groups excluding carboxylic acids is 1. The number of rotatable bonds is 19. The average molecular weight is 520 g/mol. The van der Waals surface area contributed by atoms with Crippen molar-refractivity contribution in [2.45, 2.75) is 137 Å². The molecule has 10 atom stereocenters. The smallest absolute Gasteiger partial charge is 0.311 e. The summed E-state index contributed by atoms with van der Waals surface area (Å²) >= 11 is 0. The molecule has 0 aliphatic carbocycles.